The Labute approximate surface area is 176 Å². The fourth-order valence-corrected chi connectivity index (χ4v) is 4.33. The summed E-state index contributed by atoms with van der Waals surface area (Å²) < 4.78 is 17.8. The maximum absolute atomic E-state index is 12.2. The number of halogens is 1. The standard InChI is InChI=1S/C27H35FO/c1-2-20-29-21-18-23-8-12-25(13-9-23)27-16-14-26(15-17-27)24-10-6-22(7-11-24)5-3-4-19-28/h3-4,8-9,12-17,22,24H,2,5-7,10-11,18-21H2,1H3/b4-3+. The van der Waals surface area contributed by atoms with E-state index in [1.807, 2.05) is 6.08 Å². The molecule has 1 saturated carbocycles. The van der Waals surface area contributed by atoms with Crippen LogP contribution in [0.2, 0.25) is 0 Å². The molecule has 1 aliphatic rings. The van der Waals surface area contributed by atoms with E-state index in [1.165, 1.54) is 47.9 Å². The molecule has 0 bridgehead atoms. The summed E-state index contributed by atoms with van der Waals surface area (Å²) in [6, 6.07) is 18.1. The first-order chi connectivity index (χ1) is 14.3. The maximum atomic E-state index is 12.2. The number of alkyl halides is 1. The summed E-state index contributed by atoms with van der Waals surface area (Å²) in [4.78, 5) is 0. The summed E-state index contributed by atoms with van der Waals surface area (Å²) in [6.45, 7) is 3.45. The van der Waals surface area contributed by atoms with Gasteiger partial charge in [-0.3, -0.25) is 0 Å². The van der Waals surface area contributed by atoms with Crippen molar-refractivity contribution < 1.29 is 9.13 Å². The number of ether oxygens (including phenoxy) is 1. The van der Waals surface area contributed by atoms with Crippen molar-refractivity contribution in [3.05, 3.63) is 71.8 Å². The molecule has 0 N–H and O–H groups in total. The van der Waals surface area contributed by atoms with Crippen LogP contribution in [0.25, 0.3) is 11.1 Å². The van der Waals surface area contributed by atoms with E-state index in [4.69, 9.17) is 4.74 Å². The molecular weight excluding hydrogens is 359 g/mol. The molecule has 0 aliphatic heterocycles. The zero-order valence-corrected chi connectivity index (χ0v) is 17.8. The number of rotatable bonds is 10. The molecule has 3 rings (SSSR count). The number of benzene rings is 2. The minimum Gasteiger partial charge on any atom is -0.381 e. The fraction of sp³-hybridized carbons (Fsp3) is 0.481. The van der Waals surface area contributed by atoms with E-state index in [9.17, 15) is 4.39 Å². The molecule has 1 nitrogen and oxygen atoms in total. The van der Waals surface area contributed by atoms with E-state index in [-0.39, 0.29) is 6.67 Å². The first kappa shape index (κ1) is 21.8. The van der Waals surface area contributed by atoms with Crippen LogP contribution in [0.15, 0.2) is 60.7 Å². The van der Waals surface area contributed by atoms with Crippen molar-refractivity contribution >= 4 is 0 Å². The van der Waals surface area contributed by atoms with Crippen LogP contribution in [0.1, 0.15) is 62.5 Å². The highest BCUT2D eigenvalue weighted by atomic mass is 19.1. The Morgan fingerprint density at radius 3 is 2.14 bits per heavy atom. The van der Waals surface area contributed by atoms with Crippen molar-refractivity contribution in [1.82, 2.24) is 0 Å². The molecule has 0 aromatic heterocycles. The van der Waals surface area contributed by atoms with Crippen LogP contribution in [0.5, 0.6) is 0 Å². The monoisotopic (exact) mass is 394 g/mol. The van der Waals surface area contributed by atoms with Crippen molar-refractivity contribution in [2.75, 3.05) is 19.9 Å². The average molecular weight is 395 g/mol. The third-order valence-corrected chi connectivity index (χ3v) is 6.12. The van der Waals surface area contributed by atoms with E-state index in [2.05, 4.69) is 55.5 Å². The Morgan fingerprint density at radius 2 is 1.52 bits per heavy atom. The second kappa shape index (κ2) is 11.9. The third-order valence-electron chi connectivity index (χ3n) is 6.12. The Kier molecular flexibility index (Phi) is 8.95. The smallest absolute Gasteiger partial charge is 0.108 e. The lowest BCUT2D eigenvalue weighted by molar-refractivity contribution is 0.138. The molecule has 0 heterocycles. The zero-order valence-electron chi connectivity index (χ0n) is 17.8. The Morgan fingerprint density at radius 1 is 0.862 bits per heavy atom. The topological polar surface area (TPSA) is 9.23 Å². The zero-order chi connectivity index (χ0) is 20.3. The van der Waals surface area contributed by atoms with Crippen molar-refractivity contribution in [3.8, 4) is 11.1 Å². The van der Waals surface area contributed by atoms with Gasteiger partial charge in [-0.25, -0.2) is 4.39 Å². The van der Waals surface area contributed by atoms with Crippen LogP contribution in [0.4, 0.5) is 4.39 Å². The van der Waals surface area contributed by atoms with E-state index < -0.39 is 0 Å². The molecule has 2 aromatic carbocycles. The summed E-state index contributed by atoms with van der Waals surface area (Å²) in [6.07, 6.45) is 11.8. The summed E-state index contributed by atoms with van der Waals surface area (Å²) in [5, 5.41) is 0. The lowest BCUT2D eigenvalue weighted by Crippen LogP contribution is -2.12. The molecule has 2 heteroatoms. The van der Waals surface area contributed by atoms with Gasteiger partial charge in [0.25, 0.3) is 0 Å². The summed E-state index contributed by atoms with van der Waals surface area (Å²) in [5.41, 5.74) is 5.36. The highest BCUT2D eigenvalue weighted by Gasteiger charge is 2.21. The largest absolute Gasteiger partial charge is 0.381 e. The molecular formula is C27H35FO. The summed E-state index contributed by atoms with van der Waals surface area (Å²) >= 11 is 0. The first-order valence-corrected chi connectivity index (χ1v) is 11.3. The van der Waals surface area contributed by atoms with Gasteiger partial charge in [0.2, 0.25) is 0 Å². The molecule has 0 unspecified atom stereocenters. The SMILES string of the molecule is CCCOCCc1ccc(-c2ccc(C3CCC(C/C=C/CF)CC3)cc2)cc1. The van der Waals surface area contributed by atoms with Gasteiger partial charge in [0.05, 0.1) is 6.61 Å². The average Bonchev–Trinajstić information content (AvgIpc) is 2.78. The van der Waals surface area contributed by atoms with Gasteiger partial charge in [0.15, 0.2) is 0 Å². The number of hydrogen-bond donors (Lipinski definition) is 0. The van der Waals surface area contributed by atoms with Crippen molar-refractivity contribution in [1.29, 1.82) is 0 Å². The molecule has 0 amide bonds. The molecule has 2 aromatic rings. The summed E-state index contributed by atoms with van der Waals surface area (Å²) in [5.74, 6) is 1.41. The van der Waals surface area contributed by atoms with Gasteiger partial charge >= 0.3 is 0 Å². The van der Waals surface area contributed by atoms with Crippen LogP contribution in [0, 0.1) is 5.92 Å². The molecule has 1 aliphatic carbocycles. The predicted octanol–water partition coefficient (Wildman–Crippen LogP) is 7.51. The van der Waals surface area contributed by atoms with Crippen LogP contribution < -0.4 is 0 Å². The van der Waals surface area contributed by atoms with Gasteiger partial charge in [-0.15, -0.1) is 0 Å². The Bertz CT molecular complexity index is 724. The van der Waals surface area contributed by atoms with Crippen molar-refractivity contribution in [3.63, 3.8) is 0 Å². The third kappa shape index (κ3) is 6.82. The second-order valence-electron chi connectivity index (χ2n) is 8.26. The Hall–Kier alpha value is -1.93. The lowest BCUT2D eigenvalue weighted by atomic mass is 9.77. The minimum absolute atomic E-state index is 0.336. The van der Waals surface area contributed by atoms with E-state index in [1.54, 1.807) is 6.08 Å². The van der Waals surface area contributed by atoms with Gasteiger partial charge < -0.3 is 4.74 Å². The first-order valence-electron chi connectivity index (χ1n) is 11.3. The molecule has 0 saturated heterocycles. The van der Waals surface area contributed by atoms with Gasteiger partial charge in [-0.1, -0.05) is 67.6 Å². The van der Waals surface area contributed by atoms with Crippen LogP contribution in [-0.2, 0) is 11.2 Å². The van der Waals surface area contributed by atoms with Crippen LogP contribution in [-0.4, -0.2) is 19.9 Å². The van der Waals surface area contributed by atoms with Gasteiger partial charge in [0.1, 0.15) is 6.67 Å². The predicted molar refractivity (Wildman–Crippen MR) is 121 cm³/mol. The molecule has 29 heavy (non-hydrogen) atoms. The molecule has 0 spiro atoms. The van der Waals surface area contributed by atoms with Gasteiger partial charge in [0, 0.05) is 6.61 Å². The van der Waals surface area contributed by atoms with Crippen molar-refractivity contribution in [2.24, 2.45) is 5.92 Å². The normalized spacial score (nSPS) is 19.7. The molecule has 1 fully saturated rings. The van der Waals surface area contributed by atoms with Crippen molar-refractivity contribution in [2.45, 2.75) is 57.8 Å². The fourth-order valence-electron chi connectivity index (χ4n) is 4.33. The van der Waals surface area contributed by atoms with Crippen LogP contribution >= 0.6 is 0 Å². The Balaban J connectivity index is 1.50. The molecule has 156 valence electrons. The number of hydrogen-bond acceptors (Lipinski definition) is 1. The van der Waals surface area contributed by atoms with Gasteiger partial charge in [-0.05, 0) is 79.0 Å². The quantitative estimate of drug-likeness (QED) is 0.299. The molecule has 0 radical (unpaired) electrons. The highest BCUT2D eigenvalue weighted by molar-refractivity contribution is 5.64. The van der Waals surface area contributed by atoms with Crippen LogP contribution in [0.3, 0.4) is 0 Å². The molecule has 0 atom stereocenters. The maximum Gasteiger partial charge on any atom is 0.108 e. The van der Waals surface area contributed by atoms with E-state index in [0.717, 1.165) is 38.4 Å². The van der Waals surface area contributed by atoms with Gasteiger partial charge in [-0.2, -0.15) is 0 Å². The highest BCUT2D eigenvalue weighted by Crippen LogP contribution is 2.37. The second-order valence-corrected chi connectivity index (χ2v) is 8.26. The lowest BCUT2D eigenvalue weighted by Gasteiger charge is -2.28. The van der Waals surface area contributed by atoms with E-state index in [0.29, 0.717) is 5.92 Å². The van der Waals surface area contributed by atoms with E-state index >= 15 is 0 Å². The minimum atomic E-state index is -0.336. The summed E-state index contributed by atoms with van der Waals surface area (Å²) in [7, 11) is 0. The number of allylic oxidation sites excluding steroid dienone is 2.